The molecule has 2 atom stereocenters. The molecule has 0 aliphatic heterocycles. The van der Waals surface area contributed by atoms with Crippen LogP contribution in [0.4, 0.5) is 13.6 Å². The van der Waals surface area contributed by atoms with Gasteiger partial charge >= 0.3 is 6.03 Å². The normalized spacial score (nSPS) is 13.6. The molecule has 2 unspecified atom stereocenters. The van der Waals surface area contributed by atoms with Gasteiger partial charge in [0.1, 0.15) is 11.5 Å². The minimum Gasteiger partial charge on any atom is -0.508 e. The van der Waals surface area contributed by atoms with Crippen LogP contribution < -0.4 is 4.74 Å². The van der Waals surface area contributed by atoms with E-state index in [1.54, 1.807) is 41.0 Å². The van der Waals surface area contributed by atoms with Gasteiger partial charge in [-0.25, -0.2) is 13.6 Å². The lowest BCUT2D eigenvalue weighted by molar-refractivity contribution is 0.0172. The van der Waals surface area contributed by atoms with Crippen molar-refractivity contribution >= 4 is 11.7 Å². The molecule has 0 radical (unpaired) electrons. The SMILES string of the molecule is C=C(c1ccc(C(C)(F)F)cc1OCC)N(C(=O)N(CCC)CCC)C(C(/C=C\CO)=C/CC)C(C)c1ccc(O)cc1. The van der Waals surface area contributed by atoms with Gasteiger partial charge in [-0.05, 0) is 61.6 Å². The van der Waals surface area contributed by atoms with Crippen LogP contribution in [0.1, 0.15) is 83.4 Å². The minimum absolute atomic E-state index is 0.126. The zero-order chi connectivity index (χ0) is 32.2. The Morgan fingerprint density at radius 2 is 1.70 bits per heavy atom. The van der Waals surface area contributed by atoms with Gasteiger partial charge in [-0.2, -0.15) is 0 Å². The molecule has 0 saturated carbocycles. The first kappa shape index (κ1) is 35.5. The zero-order valence-corrected chi connectivity index (χ0v) is 26.4. The number of nitrogens with zero attached hydrogens (tertiary/aromatic N) is 2. The molecule has 2 aromatic rings. The van der Waals surface area contributed by atoms with Crippen LogP contribution >= 0.6 is 0 Å². The van der Waals surface area contributed by atoms with E-state index in [4.69, 9.17) is 4.74 Å². The molecule has 43 heavy (non-hydrogen) atoms. The number of carbonyl (C=O) groups is 1. The van der Waals surface area contributed by atoms with E-state index in [9.17, 15) is 23.8 Å². The molecule has 2 amide bonds. The van der Waals surface area contributed by atoms with Crippen molar-refractivity contribution in [2.75, 3.05) is 26.3 Å². The van der Waals surface area contributed by atoms with Crippen molar-refractivity contribution < 1.29 is 28.5 Å². The lowest BCUT2D eigenvalue weighted by atomic mass is 9.85. The number of ether oxygens (including phenoxy) is 1. The summed E-state index contributed by atoms with van der Waals surface area (Å²) in [5.74, 6) is -3.05. The summed E-state index contributed by atoms with van der Waals surface area (Å²) in [4.78, 5) is 18.1. The van der Waals surface area contributed by atoms with Crippen molar-refractivity contribution in [1.82, 2.24) is 9.80 Å². The van der Waals surface area contributed by atoms with Gasteiger partial charge in [0.2, 0.25) is 0 Å². The first-order valence-electron chi connectivity index (χ1n) is 15.1. The number of carbonyl (C=O) groups excluding carboxylic acids is 1. The largest absolute Gasteiger partial charge is 0.508 e. The Hall–Kier alpha value is -3.65. The van der Waals surface area contributed by atoms with E-state index in [1.807, 2.05) is 52.0 Å². The number of amides is 2. The topological polar surface area (TPSA) is 73.2 Å². The van der Waals surface area contributed by atoms with Crippen molar-refractivity contribution in [2.24, 2.45) is 0 Å². The number of halogens is 2. The highest BCUT2D eigenvalue weighted by molar-refractivity contribution is 5.87. The summed E-state index contributed by atoms with van der Waals surface area (Å²) >= 11 is 0. The number of phenolic OH excluding ortho intramolecular Hbond substituents is 1. The molecule has 0 fully saturated rings. The summed E-state index contributed by atoms with van der Waals surface area (Å²) in [7, 11) is 0. The van der Waals surface area contributed by atoms with Gasteiger partial charge in [0.25, 0.3) is 5.92 Å². The van der Waals surface area contributed by atoms with Gasteiger partial charge < -0.3 is 19.8 Å². The van der Waals surface area contributed by atoms with Crippen LogP contribution in [0.5, 0.6) is 11.5 Å². The van der Waals surface area contributed by atoms with Crippen molar-refractivity contribution in [1.29, 1.82) is 0 Å². The highest BCUT2D eigenvalue weighted by Gasteiger charge is 2.37. The van der Waals surface area contributed by atoms with Crippen LogP contribution in [0, 0.1) is 0 Å². The smallest absolute Gasteiger partial charge is 0.325 e. The summed E-state index contributed by atoms with van der Waals surface area (Å²) in [6.07, 6.45) is 7.61. The summed E-state index contributed by atoms with van der Waals surface area (Å²) in [6.45, 7) is 16.1. The van der Waals surface area contributed by atoms with Crippen LogP contribution in [-0.4, -0.2) is 58.4 Å². The Labute approximate surface area is 256 Å². The lowest BCUT2D eigenvalue weighted by Crippen LogP contribution is -2.49. The number of aliphatic hydroxyl groups is 1. The number of allylic oxidation sites excluding steroid dienone is 1. The van der Waals surface area contributed by atoms with E-state index >= 15 is 0 Å². The Balaban J connectivity index is 2.93. The third-order valence-corrected chi connectivity index (χ3v) is 7.22. The number of aliphatic hydroxyl groups excluding tert-OH is 1. The molecule has 0 aliphatic rings. The maximum atomic E-state index is 14.6. The molecule has 236 valence electrons. The van der Waals surface area contributed by atoms with Crippen molar-refractivity contribution in [3.8, 4) is 11.5 Å². The number of benzene rings is 2. The monoisotopic (exact) mass is 598 g/mol. The third kappa shape index (κ3) is 9.42. The molecule has 0 spiro atoms. The summed E-state index contributed by atoms with van der Waals surface area (Å²) in [6, 6.07) is 10.2. The van der Waals surface area contributed by atoms with E-state index in [0.29, 0.717) is 30.8 Å². The van der Waals surface area contributed by atoms with E-state index in [1.165, 1.54) is 12.1 Å². The van der Waals surface area contributed by atoms with Gasteiger partial charge in [-0.15, -0.1) is 0 Å². The van der Waals surface area contributed by atoms with Gasteiger partial charge in [-0.3, -0.25) is 4.90 Å². The third-order valence-electron chi connectivity index (χ3n) is 7.22. The van der Waals surface area contributed by atoms with Crippen LogP contribution in [0.2, 0.25) is 0 Å². The molecule has 2 N–H and O–H groups in total. The molecular weight excluding hydrogens is 550 g/mol. The number of urea groups is 1. The number of hydrogen-bond donors (Lipinski definition) is 2. The van der Waals surface area contributed by atoms with Crippen molar-refractivity contribution in [3.05, 3.63) is 89.5 Å². The maximum Gasteiger partial charge on any atom is 0.325 e. The van der Waals surface area contributed by atoms with Gasteiger partial charge in [0.15, 0.2) is 0 Å². The predicted octanol–water partition coefficient (Wildman–Crippen LogP) is 8.47. The molecule has 2 rings (SSSR count). The van der Waals surface area contributed by atoms with Crippen LogP contribution in [-0.2, 0) is 5.92 Å². The Kier molecular flexibility index (Phi) is 13.9. The Morgan fingerprint density at radius 1 is 1.07 bits per heavy atom. The Morgan fingerprint density at radius 3 is 2.21 bits per heavy atom. The lowest BCUT2D eigenvalue weighted by Gasteiger charge is -2.41. The van der Waals surface area contributed by atoms with E-state index in [0.717, 1.165) is 30.9 Å². The van der Waals surface area contributed by atoms with Crippen LogP contribution in [0.25, 0.3) is 5.70 Å². The number of alkyl halides is 2. The minimum atomic E-state index is -3.08. The average Bonchev–Trinajstić information content (AvgIpc) is 2.97. The quantitative estimate of drug-likeness (QED) is 0.190. The fourth-order valence-corrected chi connectivity index (χ4v) is 5.17. The first-order chi connectivity index (χ1) is 20.4. The molecule has 2 aromatic carbocycles. The molecule has 0 saturated heterocycles. The van der Waals surface area contributed by atoms with Gasteiger partial charge in [0, 0.05) is 42.8 Å². The summed E-state index contributed by atoms with van der Waals surface area (Å²) < 4.78 is 34.5. The second-order valence-corrected chi connectivity index (χ2v) is 10.6. The molecule has 0 heterocycles. The predicted molar refractivity (Wildman–Crippen MR) is 171 cm³/mol. The number of hydrogen-bond acceptors (Lipinski definition) is 4. The highest BCUT2D eigenvalue weighted by atomic mass is 19.3. The number of aromatic hydroxyl groups is 1. The van der Waals surface area contributed by atoms with Crippen LogP contribution in [0.3, 0.4) is 0 Å². The second-order valence-electron chi connectivity index (χ2n) is 10.6. The number of phenols is 1. The molecule has 0 aromatic heterocycles. The Bertz CT molecular complexity index is 1250. The fourth-order valence-electron chi connectivity index (χ4n) is 5.17. The van der Waals surface area contributed by atoms with E-state index in [-0.39, 0.29) is 42.2 Å². The van der Waals surface area contributed by atoms with E-state index in [2.05, 4.69) is 6.58 Å². The summed E-state index contributed by atoms with van der Waals surface area (Å²) in [5.41, 5.74) is 2.20. The first-order valence-corrected chi connectivity index (χ1v) is 15.1. The molecule has 8 heteroatoms. The zero-order valence-electron chi connectivity index (χ0n) is 26.4. The number of rotatable bonds is 16. The van der Waals surface area contributed by atoms with Gasteiger partial charge in [0.05, 0.1) is 19.3 Å². The second kappa shape index (κ2) is 16.8. The highest BCUT2D eigenvalue weighted by Crippen LogP contribution is 2.40. The van der Waals surface area contributed by atoms with Gasteiger partial charge in [-0.1, -0.05) is 70.7 Å². The molecule has 0 bridgehead atoms. The molecular formula is C35H48F2N2O4. The maximum absolute atomic E-state index is 14.6. The van der Waals surface area contributed by atoms with Crippen molar-refractivity contribution in [3.63, 3.8) is 0 Å². The summed E-state index contributed by atoms with van der Waals surface area (Å²) in [5, 5.41) is 19.6. The average molecular weight is 599 g/mol. The molecule has 6 nitrogen and oxygen atoms in total. The standard InChI is InChI=1S/C35H48F2N2O4/c1-8-13-28(14-12-23-40)33(25(5)27-15-18-30(41)19-16-27)39(34(42)38(21-9-2)22-10-3)26(6)31-20-17-29(35(7,36)37)24-32(31)43-11-4/h12-20,24-25,33,40-41H,6,8-11,21-23H2,1-5,7H3/b14-12-,28-13+. The van der Waals surface area contributed by atoms with Crippen LogP contribution in [0.15, 0.2) is 72.8 Å². The fraction of sp³-hybridized carbons (Fsp3) is 0.457. The van der Waals surface area contributed by atoms with Crippen molar-refractivity contribution in [2.45, 2.75) is 78.7 Å². The molecule has 0 aliphatic carbocycles. The van der Waals surface area contributed by atoms with E-state index < -0.39 is 12.0 Å².